The zero-order valence-corrected chi connectivity index (χ0v) is 15.8. The number of hydrogen-bond acceptors (Lipinski definition) is 2. The molecule has 27 heavy (non-hydrogen) atoms. The lowest BCUT2D eigenvalue weighted by Gasteiger charge is -2.22. The fourth-order valence-electron chi connectivity index (χ4n) is 3.59. The number of para-hydroxylation sites is 1. The molecule has 136 valence electrons. The summed E-state index contributed by atoms with van der Waals surface area (Å²) in [6.45, 7) is 4.64. The first-order chi connectivity index (χ1) is 13.1. The Hall–Kier alpha value is -3.34. The summed E-state index contributed by atoms with van der Waals surface area (Å²) < 4.78 is 4.08. The van der Waals surface area contributed by atoms with Crippen LogP contribution >= 0.6 is 0 Å². The van der Waals surface area contributed by atoms with E-state index in [0.717, 1.165) is 28.0 Å². The molecule has 0 N–H and O–H groups in total. The van der Waals surface area contributed by atoms with Gasteiger partial charge in [0.1, 0.15) is 0 Å². The number of pyridine rings is 1. The van der Waals surface area contributed by atoms with Crippen LogP contribution in [0.1, 0.15) is 23.0 Å². The molecule has 0 aliphatic heterocycles. The van der Waals surface area contributed by atoms with Gasteiger partial charge in [-0.3, -0.25) is 9.78 Å². The van der Waals surface area contributed by atoms with E-state index in [-0.39, 0.29) is 5.91 Å². The van der Waals surface area contributed by atoms with Crippen molar-refractivity contribution in [1.29, 1.82) is 0 Å². The Bertz CT molecular complexity index is 1110. The summed E-state index contributed by atoms with van der Waals surface area (Å²) in [5.41, 5.74) is 4.61. The van der Waals surface area contributed by atoms with Gasteiger partial charge in [0.25, 0.3) is 5.91 Å². The summed E-state index contributed by atoms with van der Waals surface area (Å²) in [4.78, 5) is 19.5. The Labute approximate surface area is 158 Å². The summed E-state index contributed by atoms with van der Waals surface area (Å²) in [7, 11) is 2.04. The molecule has 4 rings (SSSR count). The minimum atomic E-state index is -0.0431. The molecule has 0 bridgehead atoms. The quantitative estimate of drug-likeness (QED) is 0.545. The lowest BCUT2D eigenvalue weighted by atomic mass is 10.1. The Balaban J connectivity index is 1.80. The number of benzene rings is 1. The van der Waals surface area contributed by atoms with Crippen molar-refractivity contribution in [2.75, 3.05) is 11.4 Å². The monoisotopic (exact) mass is 358 g/mol. The molecule has 1 amide bonds. The Morgan fingerprint density at radius 1 is 1.11 bits per heavy atom. The van der Waals surface area contributed by atoms with Crippen molar-refractivity contribution >= 4 is 22.5 Å². The van der Waals surface area contributed by atoms with E-state index in [9.17, 15) is 4.79 Å². The Morgan fingerprint density at radius 3 is 2.59 bits per heavy atom. The fraction of sp³-hybridized carbons (Fsp3) is 0.182. The standard InChI is InChI=1S/C22H22N4O/c1-4-26(21-16(2)24(3)20-10-6-5-9-19(20)21)22(27)17-13-18(15-23-14-17)25-11-7-8-12-25/h5-15H,4H2,1-3H3. The maximum Gasteiger partial charge on any atom is 0.259 e. The third-order valence-electron chi connectivity index (χ3n) is 5.07. The molecule has 0 fully saturated rings. The summed E-state index contributed by atoms with van der Waals surface area (Å²) in [5.74, 6) is -0.0431. The van der Waals surface area contributed by atoms with Crippen LogP contribution in [0.5, 0.6) is 0 Å². The maximum absolute atomic E-state index is 13.4. The zero-order chi connectivity index (χ0) is 19.0. The molecule has 1 aromatic carbocycles. The van der Waals surface area contributed by atoms with Crippen molar-refractivity contribution in [3.05, 3.63) is 78.5 Å². The molecule has 5 nitrogen and oxygen atoms in total. The predicted molar refractivity (Wildman–Crippen MR) is 109 cm³/mol. The molecule has 0 unspecified atom stereocenters. The van der Waals surface area contributed by atoms with Gasteiger partial charge in [-0.25, -0.2) is 0 Å². The minimum Gasteiger partial charge on any atom is -0.346 e. The smallest absolute Gasteiger partial charge is 0.259 e. The highest BCUT2D eigenvalue weighted by molar-refractivity contribution is 6.11. The fourth-order valence-corrected chi connectivity index (χ4v) is 3.59. The van der Waals surface area contributed by atoms with Crippen LogP contribution in [-0.4, -0.2) is 26.6 Å². The third-order valence-corrected chi connectivity index (χ3v) is 5.07. The van der Waals surface area contributed by atoms with Crippen molar-refractivity contribution in [2.24, 2.45) is 7.05 Å². The van der Waals surface area contributed by atoms with E-state index >= 15 is 0 Å². The molecule has 0 atom stereocenters. The second-order valence-electron chi connectivity index (χ2n) is 6.58. The normalized spacial score (nSPS) is 11.1. The largest absolute Gasteiger partial charge is 0.346 e. The van der Waals surface area contributed by atoms with Gasteiger partial charge in [-0.05, 0) is 38.1 Å². The molecule has 0 saturated carbocycles. The molecule has 5 heteroatoms. The summed E-state index contributed by atoms with van der Waals surface area (Å²) in [6, 6.07) is 14.0. The number of fused-ring (bicyclic) bond motifs is 1. The van der Waals surface area contributed by atoms with Crippen LogP contribution < -0.4 is 4.90 Å². The third kappa shape index (κ3) is 2.81. The van der Waals surface area contributed by atoms with E-state index in [0.29, 0.717) is 12.1 Å². The van der Waals surface area contributed by atoms with Gasteiger partial charge in [0.05, 0.1) is 28.7 Å². The van der Waals surface area contributed by atoms with Crippen molar-refractivity contribution in [2.45, 2.75) is 13.8 Å². The Morgan fingerprint density at radius 2 is 1.85 bits per heavy atom. The van der Waals surface area contributed by atoms with E-state index in [2.05, 4.69) is 28.6 Å². The number of aryl methyl sites for hydroxylation is 1. The van der Waals surface area contributed by atoms with E-state index < -0.39 is 0 Å². The first-order valence-electron chi connectivity index (χ1n) is 9.06. The minimum absolute atomic E-state index is 0.0431. The summed E-state index contributed by atoms with van der Waals surface area (Å²) in [6.07, 6.45) is 7.28. The number of carbonyl (C=O) groups is 1. The second kappa shape index (κ2) is 6.76. The number of hydrogen-bond donors (Lipinski definition) is 0. The molecule has 0 spiro atoms. The predicted octanol–water partition coefficient (Wildman–Crippen LogP) is 4.34. The van der Waals surface area contributed by atoms with Crippen LogP contribution in [0.25, 0.3) is 16.6 Å². The molecule has 0 aliphatic rings. The van der Waals surface area contributed by atoms with Crippen molar-refractivity contribution < 1.29 is 4.79 Å². The van der Waals surface area contributed by atoms with Gasteiger partial charge in [0.15, 0.2) is 0 Å². The van der Waals surface area contributed by atoms with Crippen molar-refractivity contribution in [1.82, 2.24) is 14.1 Å². The van der Waals surface area contributed by atoms with Gasteiger partial charge < -0.3 is 14.0 Å². The van der Waals surface area contributed by atoms with Crippen molar-refractivity contribution in [3.8, 4) is 5.69 Å². The molecule has 4 aromatic rings. The van der Waals surface area contributed by atoms with Crippen LogP contribution in [-0.2, 0) is 7.05 Å². The van der Waals surface area contributed by atoms with Gasteiger partial charge in [0, 0.05) is 43.3 Å². The number of aromatic nitrogens is 3. The van der Waals surface area contributed by atoms with E-state index in [1.807, 2.05) is 66.2 Å². The van der Waals surface area contributed by atoms with Crippen LogP contribution in [0, 0.1) is 6.92 Å². The van der Waals surface area contributed by atoms with Crippen LogP contribution in [0.3, 0.4) is 0 Å². The number of nitrogens with zero attached hydrogens (tertiary/aromatic N) is 4. The lowest BCUT2D eigenvalue weighted by Crippen LogP contribution is -2.31. The van der Waals surface area contributed by atoms with Crippen LogP contribution in [0.2, 0.25) is 0 Å². The SMILES string of the molecule is CCN(C(=O)c1cncc(-n2cccc2)c1)c1c(C)n(C)c2ccccc12. The van der Waals surface area contributed by atoms with Crippen LogP contribution in [0.4, 0.5) is 5.69 Å². The summed E-state index contributed by atoms with van der Waals surface area (Å²) >= 11 is 0. The number of rotatable bonds is 4. The van der Waals surface area contributed by atoms with E-state index in [1.165, 1.54) is 0 Å². The second-order valence-corrected chi connectivity index (χ2v) is 6.58. The van der Waals surface area contributed by atoms with Crippen LogP contribution in [0.15, 0.2) is 67.3 Å². The highest BCUT2D eigenvalue weighted by Crippen LogP contribution is 2.33. The molecule has 3 aromatic heterocycles. The van der Waals surface area contributed by atoms with Gasteiger partial charge >= 0.3 is 0 Å². The first-order valence-corrected chi connectivity index (χ1v) is 9.06. The van der Waals surface area contributed by atoms with Crippen molar-refractivity contribution in [3.63, 3.8) is 0 Å². The molecule has 0 radical (unpaired) electrons. The average Bonchev–Trinajstić information content (AvgIpc) is 3.32. The number of carbonyl (C=O) groups excluding carboxylic acids is 1. The average molecular weight is 358 g/mol. The molecular formula is C22H22N4O. The molecule has 0 aliphatic carbocycles. The zero-order valence-electron chi connectivity index (χ0n) is 15.8. The van der Waals surface area contributed by atoms with E-state index in [4.69, 9.17) is 0 Å². The summed E-state index contributed by atoms with van der Waals surface area (Å²) in [5, 5.41) is 1.09. The van der Waals surface area contributed by atoms with Gasteiger partial charge in [0.2, 0.25) is 0 Å². The van der Waals surface area contributed by atoms with Gasteiger partial charge in [-0.2, -0.15) is 0 Å². The topological polar surface area (TPSA) is 43.1 Å². The Kier molecular flexibility index (Phi) is 4.28. The molecule has 0 saturated heterocycles. The van der Waals surface area contributed by atoms with Gasteiger partial charge in [-0.1, -0.05) is 18.2 Å². The van der Waals surface area contributed by atoms with Gasteiger partial charge in [-0.15, -0.1) is 0 Å². The highest BCUT2D eigenvalue weighted by atomic mass is 16.2. The number of amides is 1. The maximum atomic E-state index is 13.4. The molecular weight excluding hydrogens is 336 g/mol. The molecule has 3 heterocycles. The number of anilines is 1. The van der Waals surface area contributed by atoms with E-state index in [1.54, 1.807) is 12.4 Å². The highest BCUT2D eigenvalue weighted by Gasteiger charge is 2.23. The first kappa shape index (κ1) is 17.1. The lowest BCUT2D eigenvalue weighted by molar-refractivity contribution is 0.0988.